The molecule has 0 spiro atoms. The average molecular weight is 169 g/mol. The topological polar surface area (TPSA) is 3.24 Å². The lowest BCUT2D eigenvalue weighted by Crippen LogP contribution is -2.30. The standard InChI is InChI=1S/C11H23N/c1-4-11-8-10(2)6-5-7-12(3)9-11/h10-11H,4-9H2,1-3H3. The van der Waals surface area contributed by atoms with Crippen LogP contribution in [0.3, 0.4) is 0 Å². The fourth-order valence-corrected chi connectivity index (χ4v) is 2.30. The van der Waals surface area contributed by atoms with E-state index in [0.717, 1.165) is 11.8 Å². The van der Waals surface area contributed by atoms with E-state index in [0.29, 0.717) is 0 Å². The fraction of sp³-hybridized carbons (Fsp3) is 1.00. The van der Waals surface area contributed by atoms with Gasteiger partial charge in [-0.05, 0) is 44.7 Å². The molecule has 1 fully saturated rings. The zero-order valence-corrected chi connectivity index (χ0v) is 8.84. The zero-order chi connectivity index (χ0) is 8.97. The van der Waals surface area contributed by atoms with E-state index in [1.807, 2.05) is 0 Å². The molecule has 1 heterocycles. The van der Waals surface area contributed by atoms with Crippen LogP contribution in [0.4, 0.5) is 0 Å². The first-order valence-corrected chi connectivity index (χ1v) is 5.41. The summed E-state index contributed by atoms with van der Waals surface area (Å²) in [4.78, 5) is 2.50. The maximum atomic E-state index is 2.50. The van der Waals surface area contributed by atoms with E-state index in [-0.39, 0.29) is 0 Å². The summed E-state index contributed by atoms with van der Waals surface area (Å²) < 4.78 is 0. The summed E-state index contributed by atoms with van der Waals surface area (Å²) in [5, 5.41) is 0. The Balaban J connectivity index is 2.39. The molecule has 1 rings (SSSR count). The van der Waals surface area contributed by atoms with Crippen molar-refractivity contribution in [3.63, 3.8) is 0 Å². The minimum absolute atomic E-state index is 0.949. The summed E-state index contributed by atoms with van der Waals surface area (Å²) in [6.45, 7) is 7.36. The van der Waals surface area contributed by atoms with Gasteiger partial charge >= 0.3 is 0 Å². The fourth-order valence-electron chi connectivity index (χ4n) is 2.30. The summed E-state index contributed by atoms with van der Waals surface area (Å²) >= 11 is 0. The molecule has 0 aromatic carbocycles. The van der Waals surface area contributed by atoms with E-state index < -0.39 is 0 Å². The summed E-state index contributed by atoms with van der Waals surface area (Å²) in [7, 11) is 2.26. The monoisotopic (exact) mass is 169 g/mol. The predicted octanol–water partition coefficient (Wildman–Crippen LogP) is 2.76. The van der Waals surface area contributed by atoms with Gasteiger partial charge in [0.2, 0.25) is 0 Å². The van der Waals surface area contributed by atoms with Gasteiger partial charge in [-0.2, -0.15) is 0 Å². The Morgan fingerprint density at radius 3 is 2.83 bits per heavy atom. The van der Waals surface area contributed by atoms with Gasteiger partial charge in [0, 0.05) is 6.54 Å². The highest BCUT2D eigenvalue weighted by Gasteiger charge is 2.16. The lowest BCUT2D eigenvalue weighted by molar-refractivity contribution is 0.207. The van der Waals surface area contributed by atoms with Crippen molar-refractivity contribution in [3.8, 4) is 0 Å². The molecule has 2 unspecified atom stereocenters. The highest BCUT2D eigenvalue weighted by molar-refractivity contribution is 4.70. The Morgan fingerprint density at radius 2 is 2.17 bits per heavy atom. The highest BCUT2D eigenvalue weighted by atomic mass is 15.1. The molecule has 1 saturated heterocycles. The summed E-state index contributed by atoms with van der Waals surface area (Å²) in [5.41, 5.74) is 0. The number of nitrogens with zero attached hydrogens (tertiary/aromatic N) is 1. The molecule has 0 amide bonds. The second-order valence-corrected chi connectivity index (χ2v) is 4.52. The molecule has 0 bridgehead atoms. The molecular weight excluding hydrogens is 146 g/mol. The Kier molecular flexibility index (Phi) is 4.07. The SMILES string of the molecule is CCC1CC(C)CCCN(C)C1. The van der Waals surface area contributed by atoms with Crippen LogP contribution in [0.2, 0.25) is 0 Å². The van der Waals surface area contributed by atoms with Gasteiger partial charge in [0.25, 0.3) is 0 Å². The van der Waals surface area contributed by atoms with Gasteiger partial charge in [-0.15, -0.1) is 0 Å². The van der Waals surface area contributed by atoms with Gasteiger partial charge < -0.3 is 4.90 Å². The van der Waals surface area contributed by atoms with Crippen molar-refractivity contribution >= 4 is 0 Å². The average Bonchev–Trinajstić information content (AvgIpc) is 2.00. The molecule has 72 valence electrons. The van der Waals surface area contributed by atoms with Crippen LogP contribution >= 0.6 is 0 Å². The number of hydrogen-bond donors (Lipinski definition) is 0. The Labute approximate surface area is 77.1 Å². The van der Waals surface area contributed by atoms with Crippen molar-refractivity contribution in [2.45, 2.75) is 39.5 Å². The maximum absolute atomic E-state index is 2.50. The molecule has 1 nitrogen and oxygen atoms in total. The second-order valence-electron chi connectivity index (χ2n) is 4.52. The van der Waals surface area contributed by atoms with Crippen molar-refractivity contribution in [2.24, 2.45) is 11.8 Å². The van der Waals surface area contributed by atoms with Crippen molar-refractivity contribution < 1.29 is 0 Å². The summed E-state index contributed by atoms with van der Waals surface area (Å²) in [6.07, 6.45) is 5.63. The largest absolute Gasteiger partial charge is 0.306 e. The molecule has 1 heteroatoms. The van der Waals surface area contributed by atoms with E-state index in [2.05, 4.69) is 25.8 Å². The molecule has 1 aliphatic heterocycles. The third kappa shape index (κ3) is 3.14. The van der Waals surface area contributed by atoms with Crippen molar-refractivity contribution in [3.05, 3.63) is 0 Å². The van der Waals surface area contributed by atoms with Crippen LogP contribution < -0.4 is 0 Å². The smallest absolute Gasteiger partial charge is 0.000660 e. The Bertz CT molecular complexity index is 110. The van der Waals surface area contributed by atoms with Crippen molar-refractivity contribution in [2.75, 3.05) is 20.1 Å². The van der Waals surface area contributed by atoms with Crippen LogP contribution in [0.25, 0.3) is 0 Å². The van der Waals surface area contributed by atoms with Crippen LogP contribution in [0.5, 0.6) is 0 Å². The zero-order valence-electron chi connectivity index (χ0n) is 8.84. The van der Waals surface area contributed by atoms with E-state index in [4.69, 9.17) is 0 Å². The lowest BCUT2D eigenvalue weighted by Gasteiger charge is -2.29. The Morgan fingerprint density at radius 1 is 1.42 bits per heavy atom. The van der Waals surface area contributed by atoms with E-state index in [9.17, 15) is 0 Å². The van der Waals surface area contributed by atoms with E-state index in [1.54, 1.807) is 0 Å². The normalized spacial score (nSPS) is 34.2. The molecule has 0 aromatic heterocycles. The molecule has 0 N–H and O–H groups in total. The molecule has 0 aromatic rings. The first-order chi connectivity index (χ1) is 5.72. The predicted molar refractivity (Wildman–Crippen MR) is 54.3 cm³/mol. The Hall–Kier alpha value is -0.0400. The molecule has 0 radical (unpaired) electrons. The first kappa shape index (κ1) is 10.0. The first-order valence-electron chi connectivity index (χ1n) is 5.41. The number of likely N-dealkylation sites (tertiary alicyclic amines) is 1. The van der Waals surface area contributed by atoms with Crippen LogP contribution in [-0.4, -0.2) is 25.0 Å². The van der Waals surface area contributed by atoms with Crippen LogP contribution in [0.15, 0.2) is 0 Å². The van der Waals surface area contributed by atoms with Gasteiger partial charge in [-0.25, -0.2) is 0 Å². The minimum atomic E-state index is 0.949. The molecule has 0 aliphatic carbocycles. The van der Waals surface area contributed by atoms with Crippen molar-refractivity contribution in [1.82, 2.24) is 4.90 Å². The lowest BCUT2D eigenvalue weighted by atomic mass is 9.89. The van der Waals surface area contributed by atoms with Crippen LogP contribution in [0, 0.1) is 11.8 Å². The van der Waals surface area contributed by atoms with Gasteiger partial charge in [-0.3, -0.25) is 0 Å². The van der Waals surface area contributed by atoms with E-state index in [1.165, 1.54) is 38.8 Å². The molecule has 2 atom stereocenters. The highest BCUT2D eigenvalue weighted by Crippen LogP contribution is 2.22. The van der Waals surface area contributed by atoms with Gasteiger partial charge in [0.05, 0.1) is 0 Å². The maximum Gasteiger partial charge on any atom is 0.000660 e. The molecule has 0 saturated carbocycles. The summed E-state index contributed by atoms with van der Waals surface area (Å²) in [5.74, 6) is 1.91. The summed E-state index contributed by atoms with van der Waals surface area (Å²) in [6, 6.07) is 0. The molecule has 1 aliphatic rings. The molecule has 12 heavy (non-hydrogen) atoms. The van der Waals surface area contributed by atoms with Crippen molar-refractivity contribution in [1.29, 1.82) is 0 Å². The van der Waals surface area contributed by atoms with Crippen LogP contribution in [0.1, 0.15) is 39.5 Å². The van der Waals surface area contributed by atoms with Gasteiger partial charge in [-0.1, -0.05) is 20.3 Å². The third-order valence-corrected chi connectivity index (χ3v) is 3.12. The quantitative estimate of drug-likeness (QED) is 0.583. The van der Waals surface area contributed by atoms with Gasteiger partial charge in [0.15, 0.2) is 0 Å². The second kappa shape index (κ2) is 4.86. The third-order valence-electron chi connectivity index (χ3n) is 3.12. The number of rotatable bonds is 1. The minimum Gasteiger partial charge on any atom is -0.306 e. The molecular formula is C11H23N. The van der Waals surface area contributed by atoms with Gasteiger partial charge in [0.1, 0.15) is 0 Å². The van der Waals surface area contributed by atoms with Crippen LogP contribution in [-0.2, 0) is 0 Å². The number of hydrogen-bond acceptors (Lipinski definition) is 1. The van der Waals surface area contributed by atoms with E-state index >= 15 is 0 Å².